The number of carbonyl (C=O) groups is 1. The third-order valence-corrected chi connectivity index (χ3v) is 4.11. The van der Waals surface area contributed by atoms with E-state index in [9.17, 15) is 4.79 Å². The molecule has 0 saturated heterocycles. The maximum Gasteiger partial charge on any atom is 0.276 e. The van der Waals surface area contributed by atoms with E-state index < -0.39 is 0 Å². The van der Waals surface area contributed by atoms with Crippen molar-refractivity contribution in [3.63, 3.8) is 0 Å². The molecule has 1 aromatic heterocycles. The summed E-state index contributed by atoms with van der Waals surface area (Å²) in [5.41, 5.74) is 3.32. The van der Waals surface area contributed by atoms with E-state index in [2.05, 4.69) is 20.8 Å². The molecule has 1 aliphatic heterocycles. The van der Waals surface area contributed by atoms with Crippen LogP contribution in [0.1, 0.15) is 21.7 Å². The molecule has 1 aliphatic rings. The smallest absolute Gasteiger partial charge is 0.276 e. The zero-order valence-corrected chi connectivity index (χ0v) is 12.0. The van der Waals surface area contributed by atoms with Gasteiger partial charge in [-0.05, 0) is 30.5 Å². The first-order valence-electron chi connectivity index (χ1n) is 6.50. The SMILES string of the molecule is CSc1ccc(NC(=O)c2n[nH]c3c2CNCC3)cc1. The van der Waals surface area contributed by atoms with Crippen LogP contribution in [0.2, 0.25) is 0 Å². The summed E-state index contributed by atoms with van der Waals surface area (Å²) in [5.74, 6) is -0.164. The Morgan fingerprint density at radius 2 is 2.15 bits per heavy atom. The van der Waals surface area contributed by atoms with E-state index in [1.165, 1.54) is 4.90 Å². The fraction of sp³-hybridized carbons (Fsp3) is 0.286. The Kier molecular flexibility index (Phi) is 3.75. The van der Waals surface area contributed by atoms with Gasteiger partial charge in [0.1, 0.15) is 0 Å². The Balaban J connectivity index is 1.77. The molecule has 0 radical (unpaired) electrons. The largest absolute Gasteiger partial charge is 0.321 e. The number of H-pyrrole nitrogens is 1. The highest BCUT2D eigenvalue weighted by atomic mass is 32.2. The maximum absolute atomic E-state index is 12.3. The van der Waals surface area contributed by atoms with Crippen molar-refractivity contribution in [2.75, 3.05) is 18.1 Å². The average Bonchev–Trinajstić information content (AvgIpc) is 2.92. The van der Waals surface area contributed by atoms with Gasteiger partial charge in [0.25, 0.3) is 5.91 Å². The van der Waals surface area contributed by atoms with Crippen molar-refractivity contribution in [3.05, 3.63) is 41.2 Å². The molecule has 0 aliphatic carbocycles. The molecule has 5 nitrogen and oxygen atoms in total. The monoisotopic (exact) mass is 288 g/mol. The molecule has 0 unspecified atom stereocenters. The standard InChI is InChI=1S/C14H16N4OS/c1-20-10-4-2-9(3-5-10)16-14(19)13-11-8-15-7-6-12(11)17-18-13/h2-5,15H,6-8H2,1H3,(H,16,19)(H,17,18). The Morgan fingerprint density at radius 1 is 1.35 bits per heavy atom. The van der Waals surface area contributed by atoms with Gasteiger partial charge in [-0.25, -0.2) is 0 Å². The fourth-order valence-electron chi connectivity index (χ4n) is 2.28. The summed E-state index contributed by atoms with van der Waals surface area (Å²) in [6, 6.07) is 7.78. The van der Waals surface area contributed by atoms with Gasteiger partial charge in [0, 0.05) is 41.4 Å². The number of anilines is 1. The summed E-state index contributed by atoms with van der Waals surface area (Å²) in [7, 11) is 0. The molecule has 1 amide bonds. The minimum atomic E-state index is -0.164. The number of benzene rings is 1. The Bertz CT molecular complexity index is 621. The molecule has 0 atom stereocenters. The molecule has 1 aromatic carbocycles. The second-order valence-corrected chi connectivity index (χ2v) is 5.52. The van der Waals surface area contributed by atoms with Gasteiger partial charge in [0.15, 0.2) is 5.69 Å². The Morgan fingerprint density at radius 3 is 2.90 bits per heavy atom. The van der Waals surface area contributed by atoms with E-state index in [1.807, 2.05) is 30.5 Å². The lowest BCUT2D eigenvalue weighted by atomic mass is 10.1. The number of thioether (sulfide) groups is 1. The van der Waals surface area contributed by atoms with E-state index in [-0.39, 0.29) is 5.91 Å². The van der Waals surface area contributed by atoms with Crippen molar-refractivity contribution in [3.8, 4) is 0 Å². The molecule has 104 valence electrons. The number of carbonyl (C=O) groups excluding carboxylic acids is 1. The number of nitrogens with one attached hydrogen (secondary N) is 3. The first-order chi connectivity index (χ1) is 9.78. The highest BCUT2D eigenvalue weighted by Crippen LogP contribution is 2.19. The quantitative estimate of drug-likeness (QED) is 0.756. The highest BCUT2D eigenvalue weighted by Gasteiger charge is 2.21. The molecule has 0 bridgehead atoms. The van der Waals surface area contributed by atoms with Crippen molar-refractivity contribution in [1.82, 2.24) is 15.5 Å². The second kappa shape index (κ2) is 5.68. The van der Waals surface area contributed by atoms with E-state index in [0.717, 1.165) is 29.9 Å². The Labute approximate surface area is 121 Å². The predicted molar refractivity (Wildman–Crippen MR) is 80.2 cm³/mol. The van der Waals surface area contributed by atoms with E-state index in [1.54, 1.807) is 11.8 Å². The molecular formula is C14H16N4OS. The zero-order chi connectivity index (χ0) is 13.9. The number of hydrogen-bond acceptors (Lipinski definition) is 4. The fourth-order valence-corrected chi connectivity index (χ4v) is 2.69. The van der Waals surface area contributed by atoms with Gasteiger partial charge < -0.3 is 10.6 Å². The summed E-state index contributed by atoms with van der Waals surface area (Å²) in [5, 5.41) is 13.2. The third kappa shape index (κ3) is 2.57. The molecule has 0 saturated carbocycles. The maximum atomic E-state index is 12.3. The van der Waals surface area contributed by atoms with Gasteiger partial charge in [-0.3, -0.25) is 9.89 Å². The zero-order valence-electron chi connectivity index (χ0n) is 11.2. The number of amides is 1. The van der Waals surface area contributed by atoms with Crippen LogP contribution in [0.4, 0.5) is 5.69 Å². The molecule has 0 fully saturated rings. The molecular weight excluding hydrogens is 272 g/mol. The van der Waals surface area contributed by atoms with E-state index in [0.29, 0.717) is 12.2 Å². The first-order valence-corrected chi connectivity index (χ1v) is 7.72. The van der Waals surface area contributed by atoms with Crippen LogP contribution < -0.4 is 10.6 Å². The summed E-state index contributed by atoms with van der Waals surface area (Å²) < 4.78 is 0. The Hall–Kier alpha value is -1.79. The summed E-state index contributed by atoms with van der Waals surface area (Å²) in [4.78, 5) is 13.4. The molecule has 3 rings (SSSR count). The second-order valence-electron chi connectivity index (χ2n) is 4.64. The van der Waals surface area contributed by atoms with Crippen molar-refractivity contribution in [1.29, 1.82) is 0 Å². The van der Waals surface area contributed by atoms with Gasteiger partial charge in [0.05, 0.1) is 0 Å². The summed E-state index contributed by atoms with van der Waals surface area (Å²) >= 11 is 1.67. The summed E-state index contributed by atoms with van der Waals surface area (Å²) in [6.07, 6.45) is 2.91. The number of aromatic amines is 1. The lowest BCUT2D eigenvalue weighted by Gasteiger charge is -2.12. The molecule has 6 heteroatoms. The van der Waals surface area contributed by atoms with Crippen molar-refractivity contribution in [2.45, 2.75) is 17.9 Å². The van der Waals surface area contributed by atoms with Crippen LogP contribution in [0, 0.1) is 0 Å². The molecule has 2 aromatic rings. The van der Waals surface area contributed by atoms with Crippen molar-refractivity contribution >= 4 is 23.4 Å². The number of fused-ring (bicyclic) bond motifs is 1. The van der Waals surface area contributed by atoms with Crippen LogP contribution in [0.3, 0.4) is 0 Å². The van der Waals surface area contributed by atoms with Crippen molar-refractivity contribution < 1.29 is 4.79 Å². The number of aromatic nitrogens is 2. The van der Waals surface area contributed by atoms with Crippen LogP contribution >= 0.6 is 11.8 Å². The third-order valence-electron chi connectivity index (χ3n) is 3.37. The highest BCUT2D eigenvalue weighted by molar-refractivity contribution is 7.98. The van der Waals surface area contributed by atoms with Crippen molar-refractivity contribution in [2.24, 2.45) is 0 Å². The minimum Gasteiger partial charge on any atom is -0.321 e. The topological polar surface area (TPSA) is 69.8 Å². The van der Waals surface area contributed by atoms with E-state index >= 15 is 0 Å². The van der Waals surface area contributed by atoms with Gasteiger partial charge in [-0.15, -0.1) is 11.8 Å². The number of hydrogen-bond donors (Lipinski definition) is 3. The number of nitrogens with zero attached hydrogens (tertiary/aromatic N) is 1. The van der Waals surface area contributed by atoms with Gasteiger partial charge in [0.2, 0.25) is 0 Å². The molecule has 3 N–H and O–H groups in total. The lowest BCUT2D eigenvalue weighted by Crippen LogP contribution is -2.25. The van der Waals surface area contributed by atoms with Gasteiger partial charge in [-0.2, -0.15) is 5.10 Å². The van der Waals surface area contributed by atoms with Crippen LogP contribution in [-0.2, 0) is 13.0 Å². The normalized spacial score (nSPS) is 13.8. The van der Waals surface area contributed by atoms with Gasteiger partial charge in [-0.1, -0.05) is 0 Å². The average molecular weight is 288 g/mol. The van der Waals surface area contributed by atoms with Crippen LogP contribution in [-0.4, -0.2) is 28.9 Å². The predicted octanol–water partition coefficient (Wildman–Crippen LogP) is 2.03. The summed E-state index contributed by atoms with van der Waals surface area (Å²) in [6.45, 7) is 1.62. The van der Waals surface area contributed by atoms with Gasteiger partial charge >= 0.3 is 0 Å². The van der Waals surface area contributed by atoms with Crippen LogP contribution in [0.25, 0.3) is 0 Å². The molecule has 20 heavy (non-hydrogen) atoms. The molecule has 0 spiro atoms. The number of rotatable bonds is 3. The lowest BCUT2D eigenvalue weighted by molar-refractivity contribution is 0.102. The minimum absolute atomic E-state index is 0.164. The van der Waals surface area contributed by atoms with E-state index in [4.69, 9.17) is 0 Å². The molecule has 2 heterocycles. The first kappa shape index (κ1) is 13.2. The van der Waals surface area contributed by atoms with Crippen LogP contribution in [0.15, 0.2) is 29.2 Å². The van der Waals surface area contributed by atoms with Crippen LogP contribution in [0.5, 0.6) is 0 Å².